The van der Waals surface area contributed by atoms with Crippen molar-refractivity contribution >= 4 is 47.4 Å². The molecule has 0 aromatic rings. The van der Waals surface area contributed by atoms with Crippen LogP contribution in [0.25, 0.3) is 0 Å². The molecule has 206 valence electrons. The van der Waals surface area contributed by atoms with Crippen molar-refractivity contribution in [2.45, 2.75) is 70.1 Å². The van der Waals surface area contributed by atoms with Gasteiger partial charge in [-0.2, -0.15) is 11.8 Å². The monoisotopic (exact) mass is 533 g/mol. The molecule has 0 aromatic heterocycles. The molecule has 14 nitrogen and oxygen atoms in total. The second kappa shape index (κ2) is 17.4. The summed E-state index contributed by atoms with van der Waals surface area (Å²) in [5.41, 5.74) is 16.6. The molecule has 0 radical (unpaired) electrons. The lowest BCUT2D eigenvalue weighted by Crippen LogP contribution is -2.57. The molecular weight excluding hydrogens is 494 g/mol. The molecule has 0 aromatic carbocycles. The number of carboxylic acids is 2. The average molecular weight is 534 g/mol. The van der Waals surface area contributed by atoms with Crippen molar-refractivity contribution in [1.29, 1.82) is 0 Å². The van der Waals surface area contributed by atoms with Crippen molar-refractivity contribution in [3.63, 3.8) is 0 Å². The summed E-state index contributed by atoms with van der Waals surface area (Å²) in [6, 6.07) is -4.76. The summed E-state index contributed by atoms with van der Waals surface area (Å²) in [6.45, 7) is 3.88. The summed E-state index contributed by atoms with van der Waals surface area (Å²) < 4.78 is 0. The van der Waals surface area contributed by atoms with Crippen molar-refractivity contribution in [3.05, 3.63) is 0 Å². The van der Waals surface area contributed by atoms with E-state index in [1.807, 2.05) is 6.92 Å². The SMILES string of the molecule is CCC(C)C(N)C(=O)NC(CCCN=C(N)N)C(=O)NC(CCSC)C(=O)NC(CC(=O)O)C(=O)O. The van der Waals surface area contributed by atoms with Crippen LogP contribution in [-0.4, -0.2) is 88.6 Å². The Bertz CT molecular complexity index is 793. The first-order valence-corrected chi connectivity index (χ1v) is 12.9. The molecule has 5 unspecified atom stereocenters. The van der Waals surface area contributed by atoms with E-state index in [-0.39, 0.29) is 31.3 Å². The zero-order chi connectivity index (χ0) is 27.8. The summed E-state index contributed by atoms with van der Waals surface area (Å²) in [6.07, 6.45) is 2.20. The maximum atomic E-state index is 13.1. The van der Waals surface area contributed by atoms with Crippen LogP contribution in [0.2, 0.25) is 0 Å². The van der Waals surface area contributed by atoms with E-state index < -0.39 is 60.2 Å². The van der Waals surface area contributed by atoms with Gasteiger partial charge in [0.05, 0.1) is 12.5 Å². The lowest BCUT2D eigenvalue weighted by Gasteiger charge is -2.26. The summed E-state index contributed by atoms with van der Waals surface area (Å²) >= 11 is 1.39. The molecule has 3 amide bonds. The molecule has 0 rings (SSSR count). The van der Waals surface area contributed by atoms with Crippen LogP contribution in [0.1, 0.15) is 46.0 Å². The maximum Gasteiger partial charge on any atom is 0.326 e. The van der Waals surface area contributed by atoms with Crippen molar-refractivity contribution in [3.8, 4) is 0 Å². The van der Waals surface area contributed by atoms with Crippen LogP contribution in [0.15, 0.2) is 4.99 Å². The first-order valence-electron chi connectivity index (χ1n) is 11.5. The zero-order valence-electron chi connectivity index (χ0n) is 20.9. The number of thioether (sulfide) groups is 1. The molecular formula is C21H39N7O7S. The highest BCUT2D eigenvalue weighted by molar-refractivity contribution is 7.98. The molecule has 36 heavy (non-hydrogen) atoms. The van der Waals surface area contributed by atoms with Crippen molar-refractivity contribution < 1.29 is 34.2 Å². The van der Waals surface area contributed by atoms with Gasteiger partial charge in [0, 0.05) is 6.54 Å². The van der Waals surface area contributed by atoms with Gasteiger partial charge in [-0.05, 0) is 37.2 Å². The highest BCUT2D eigenvalue weighted by Crippen LogP contribution is 2.08. The Morgan fingerprint density at radius 1 is 0.917 bits per heavy atom. The Morgan fingerprint density at radius 2 is 1.44 bits per heavy atom. The normalized spacial score (nSPS) is 14.9. The lowest BCUT2D eigenvalue weighted by molar-refractivity contribution is -0.147. The lowest BCUT2D eigenvalue weighted by atomic mass is 9.98. The first-order chi connectivity index (χ1) is 16.8. The van der Waals surface area contributed by atoms with Gasteiger partial charge in [-0.3, -0.25) is 24.2 Å². The number of aliphatic carboxylic acids is 2. The van der Waals surface area contributed by atoms with E-state index in [1.165, 1.54) is 11.8 Å². The number of hydrogen-bond donors (Lipinski definition) is 8. The van der Waals surface area contributed by atoms with Gasteiger partial charge in [0.15, 0.2) is 5.96 Å². The number of hydrogen-bond acceptors (Lipinski definition) is 8. The minimum Gasteiger partial charge on any atom is -0.481 e. The number of nitrogens with zero attached hydrogens (tertiary/aromatic N) is 1. The van der Waals surface area contributed by atoms with Crippen LogP contribution in [0.5, 0.6) is 0 Å². The topological polar surface area (TPSA) is 252 Å². The van der Waals surface area contributed by atoms with Crippen molar-refractivity contribution in [2.75, 3.05) is 18.6 Å². The molecule has 11 N–H and O–H groups in total. The van der Waals surface area contributed by atoms with Crippen molar-refractivity contribution in [2.24, 2.45) is 28.1 Å². The fourth-order valence-corrected chi connectivity index (χ4v) is 3.45. The summed E-state index contributed by atoms with van der Waals surface area (Å²) in [7, 11) is 0. The van der Waals surface area contributed by atoms with Crippen LogP contribution in [0.3, 0.4) is 0 Å². The third-order valence-electron chi connectivity index (χ3n) is 5.37. The Morgan fingerprint density at radius 3 is 1.92 bits per heavy atom. The predicted octanol–water partition coefficient (Wildman–Crippen LogP) is -1.82. The Kier molecular flexibility index (Phi) is 15.9. The molecule has 0 saturated carbocycles. The molecule has 0 fully saturated rings. The van der Waals surface area contributed by atoms with Crippen LogP contribution in [0.4, 0.5) is 0 Å². The number of nitrogens with two attached hydrogens (primary N) is 3. The highest BCUT2D eigenvalue weighted by Gasteiger charge is 2.31. The number of carboxylic acid groups (broad SMARTS) is 2. The second-order valence-corrected chi connectivity index (χ2v) is 9.25. The zero-order valence-corrected chi connectivity index (χ0v) is 21.7. The molecule has 0 aliphatic rings. The van der Waals surface area contributed by atoms with Gasteiger partial charge in [-0.15, -0.1) is 0 Å². The van der Waals surface area contributed by atoms with E-state index in [9.17, 15) is 29.1 Å². The van der Waals surface area contributed by atoms with Gasteiger partial charge in [-0.25, -0.2) is 4.79 Å². The Balaban J connectivity index is 5.63. The van der Waals surface area contributed by atoms with E-state index >= 15 is 0 Å². The van der Waals surface area contributed by atoms with Gasteiger partial charge >= 0.3 is 11.9 Å². The molecule has 0 aliphatic carbocycles. The number of aliphatic imine (C=N–C) groups is 1. The molecule has 15 heteroatoms. The van der Waals surface area contributed by atoms with Gasteiger partial charge in [0.2, 0.25) is 17.7 Å². The van der Waals surface area contributed by atoms with E-state index in [0.717, 1.165) is 0 Å². The quantitative estimate of drug-likeness (QED) is 0.0553. The third-order valence-corrected chi connectivity index (χ3v) is 6.02. The number of nitrogens with one attached hydrogen (secondary N) is 3. The highest BCUT2D eigenvalue weighted by atomic mass is 32.2. The smallest absolute Gasteiger partial charge is 0.326 e. The number of carbonyl (C=O) groups is 5. The fourth-order valence-electron chi connectivity index (χ4n) is 2.98. The van der Waals surface area contributed by atoms with Gasteiger partial charge < -0.3 is 43.4 Å². The molecule has 5 atom stereocenters. The van der Waals surface area contributed by atoms with E-state index in [4.69, 9.17) is 22.3 Å². The van der Waals surface area contributed by atoms with Gasteiger partial charge in [-0.1, -0.05) is 20.3 Å². The van der Waals surface area contributed by atoms with E-state index in [0.29, 0.717) is 18.6 Å². The fraction of sp³-hybridized carbons (Fsp3) is 0.714. The third kappa shape index (κ3) is 13.1. The van der Waals surface area contributed by atoms with Crippen LogP contribution in [0, 0.1) is 5.92 Å². The first kappa shape index (κ1) is 32.9. The standard InChI is InChI=1S/C21H39N7O7S/c1-4-11(2)16(22)19(33)27-12(6-5-8-25-21(23)24)17(31)26-13(7-9-36-3)18(32)28-14(20(34)35)10-15(29)30/h11-14,16H,4-10,22H2,1-3H3,(H,26,31)(H,27,33)(H,28,32)(H,29,30)(H,34,35)(H4,23,24,25). The van der Waals surface area contributed by atoms with Crippen molar-refractivity contribution in [1.82, 2.24) is 16.0 Å². The van der Waals surface area contributed by atoms with Crippen LogP contribution >= 0.6 is 11.8 Å². The molecule has 0 heterocycles. The molecule has 0 aliphatic heterocycles. The number of carbonyl (C=O) groups excluding carboxylic acids is 3. The molecule has 0 bridgehead atoms. The number of rotatable bonds is 18. The predicted molar refractivity (Wildman–Crippen MR) is 136 cm³/mol. The minimum atomic E-state index is -1.67. The van der Waals surface area contributed by atoms with E-state index in [1.54, 1.807) is 13.2 Å². The Hall–Kier alpha value is -3.07. The number of amides is 3. The molecule has 0 saturated heterocycles. The van der Waals surface area contributed by atoms with Crippen LogP contribution < -0.4 is 33.2 Å². The van der Waals surface area contributed by atoms with Gasteiger partial charge in [0.1, 0.15) is 18.1 Å². The summed E-state index contributed by atoms with van der Waals surface area (Å²) in [5, 5.41) is 25.4. The Labute approximate surface area is 214 Å². The summed E-state index contributed by atoms with van der Waals surface area (Å²) in [5.74, 6) is -4.83. The largest absolute Gasteiger partial charge is 0.481 e. The second-order valence-electron chi connectivity index (χ2n) is 8.26. The average Bonchev–Trinajstić information content (AvgIpc) is 2.81. The van der Waals surface area contributed by atoms with E-state index in [2.05, 4.69) is 20.9 Å². The van der Waals surface area contributed by atoms with Gasteiger partial charge in [0.25, 0.3) is 0 Å². The minimum absolute atomic E-state index is 0.123. The van der Waals surface area contributed by atoms with Crippen LogP contribution in [-0.2, 0) is 24.0 Å². The number of guanidine groups is 1. The summed E-state index contributed by atoms with van der Waals surface area (Å²) in [4.78, 5) is 64.6. The maximum absolute atomic E-state index is 13.1. The molecule has 0 spiro atoms.